The first-order valence-electron chi connectivity index (χ1n) is 12.0. The summed E-state index contributed by atoms with van der Waals surface area (Å²) in [6.07, 6.45) is 3.19. The SMILES string of the molecule is COC1(COc2ccc(C)cc2C)CCN(CC2(O)CCN(c3ccc(F)cc3)CC2)CC1. The number of hydrogen-bond donors (Lipinski definition) is 1. The average molecular weight is 457 g/mol. The molecule has 2 heterocycles. The number of benzene rings is 2. The van der Waals surface area contributed by atoms with Crippen molar-refractivity contribution < 1.29 is 19.0 Å². The molecule has 1 N–H and O–H groups in total. The molecule has 33 heavy (non-hydrogen) atoms. The number of ether oxygens (including phenoxy) is 2. The first kappa shape index (κ1) is 24.0. The Morgan fingerprint density at radius 3 is 2.21 bits per heavy atom. The van der Waals surface area contributed by atoms with Crippen LogP contribution in [0.5, 0.6) is 5.75 Å². The fourth-order valence-corrected chi connectivity index (χ4v) is 5.10. The quantitative estimate of drug-likeness (QED) is 0.672. The predicted octanol–water partition coefficient (Wildman–Crippen LogP) is 4.33. The van der Waals surface area contributed by atoms with Crippen LogP contribution in [0, 0.1) is 19.7 Å². The van der Waals surface area contributed by atoms with Crippen LogP contribution >= 0.6 is 0 Å². The third-order valence-corrected chi connectivity index (χ3v) is 7.43. The number of nitrogens with zero attached hydrogens (tertiary/aromatic N) is 2. The van der Waals surface area contributed by atoms with Crippen molar-refractivity contribution >= 4 is 5.69 Å². The monoisotopic (exact) mass is 456 g/mol. The Morgan fingerprint density at radius 1 is 0.939 bits per heavy atom. The molecule has 0 spiro atoms. The summed E-state index contributed by atoms with van der Waals surface area (Å²) in [6, 6.07) is 12.9. The Labute approximate surface area is 197 Å². The maximum atomic E-state index is 13.2. The summed E-state index contributed by atoms with van der Waals surface area (Å²) in [4.78, 5) is 4.59. The smallest absolute Gasteiger partial charge is 0.123 e. The first-order chi connectivity index (χ1) is 15.8. The van der Waals surface area contributed by atoms with E-state index in [0.717, 1.165) is 56.0 Å². The lowest BCUT2D eigenvalue weighted by Crippen LogP contribution is -2.55. The van der Waals surface area contributed by atoms with E-state index in [1.807, 2.05) is 18.2 Å². The molecule has 0 unspecified atom stereocenters. The summed E-state index contributed by atoms with van der Waals surface area (Å²) in [5.74, 6) is 0.700. The molecule has 2 aliphatic rings. The molecule has 180 valence electrons. The van der Waals surface area contributed by atoms with E-state index < -0.39 is 5.60 Å². The number of piperidine rings is 2. The molecule has 2 saturated heterocycles. The number of rotatable bonds is 7. The highest BCUT2D eigenvalue weighted by molar-refractivity contribution is 5.46. The molecule has 0 atom stereocenters. The van der Waals surface area contributed by atoms with Crippen LogP contribution in [0.1, 0.15) is 36.8 Å². The van der Waals surface area contributed by atoms with Crippen molar-refractivity contribution in [2.75, 3.05) is 51.3 Å². The van der Waals surface area contributed by atoms with Gasteiger partial charge in [0.2, 0.25) is 0 Å². The number of β-amino-alcohol motifs (C(OH)–C–C–N with tert-alkyl or cyclic N) is 1. The topological polar surface area (TPSA) is 45.2 Å². The van der Waals surface area contributed by atoms with E-state index in [-0.39, 0.29) is 11.4 Å². The van der Waals surface area contributed by atoms with E-state index in [2.05, 4.69) is 35.8 Å². The van der Waals surface area contributed by atoms with Gasteiger partial charge in [0.25, 0.3) is 0 Å². The molecule has 2 aromatic rings. The highest BCUT2D eigenvalue weighted by Crippen LogP contribution is 2.32. The second kappa shape index (κ2) is 10.00. The van der Waals surface area contributed by atoms with Gasteiger partial charge in [0.1, 0.15) is 23.8 Å². The lowest BCUT2D eigenvalue weighted by molar-refractivity contribution is -0.0961. The molecule has 4 rings (SSSR count). The zero-order chi connectivity index (χ0) is 23.5. The molecule has 0 aliphatic carbocycles. The minimum absolute atomic E-state index is 0.219. The number of hydrogen-bond acceptors (Lipinski definition) is 5. The maximum absolute atomic E-state index is 13.2. The highest BCUT2D eigenvalue weighted by Gasteiger charge is 2.39. The van der Waals surface area contributed by atoms with Crippen molar-refractivity contribution in [2.45, 2.75) is 50.7 Å². The lowest BCUT2D eigenvalue weighted by atomic mass is 9.87. The van der Waals surface area contributed by atoms with Crippen molar-refractivity contribution in [3.05, 3.63) is 59.4 Å². The van der Waals surface area contributed by atoms with Crippen LogP contribution < -0.4 is 9.64 Å². The highest BCUT2D eigenvalue weighted by atomic mass is 19.1. The number of likely N-dealkylation sites (tertiary alicyclic amines) is 1. The zero-order valence-corrected chi connectivity index (χ0v) is 20.1. The van der Waals surface area contributed by atoms with Gasteiger partial charge in [-0.05, 0) is 75.4 Å². The summed E-state index contributed by atoms with van der Waals surface area (Å²) in [7, 11) is 1.78. The standard InChI is InChI=1S/C27H37FN2O3/c1-21-4-9-25(22(2)18-21)33-20-27(32-3)12-14-29(15-13-27)19-26(31)10-16-30(17-11-26)24-7-5-23(28)6-8-24/h4-9,18,31H,10-17,19-20H2,1-3H3. The Bertz CT molecular complexity index is 917. The van der Waals surface area contributed by atoms with Crippen molar-refractivity contribution in [1.82, 2.24) is 4.90 Å². The minimum Gasteiger partial charge on any atom is -0.490 e. The molecule has 0 amide bonds. The summed E-state index contributed by atoms with van der Waals surface area (Å²) in [5, 5.41) is 11.2. The Morgan fingerprint density at radius 2 is 1.61 bits per heavy atom. The Balaban J connectivity index is 1.27. The van der Waals surface area contributed by atoms with E-state index in [4.69, 9.17) is 9.47 Å². The number of anilines is 1. The summed E-state index contributed by atoms with van der Waals surface area (Å²) in [6.45, 7) is 8.71. The van der Waals surface area contributed by atoms with Gasteiger partial charge in [-0.15, -0.1) is 0 Å². The summed E-state index contributed by atoms with van der Waals surface area (Å²) >= 11 is 0. The van der Waals surface area contributed by atoms with Gasteiger partial charge >= 0.3 is 0 Å². The molecule has 0 saturated carbocycles. The molecule has 0 bridgehead atoms. The molecule has 0 aromatic heterocycles. The third-order valence-electron chi connectivity index (χ3n) is 7.43. The van der Waals surface area contributed by atoms with Crippen LogP contribution in [0.2, 0.25) is 0 Å². The summed E-state index contributed by atoms with van der Waals surface area (Å²) < 4.78 is 25.3. The molecule has 2 fully saturated rings. The summed E-state index contributed by atoms with van der Waals surface area (Å²) in [5.41, 5.74) is 2.43. The molecule has 2 aromatic carbocycles. The molecular formula is C27H37FN2O3. The van der Waals surface area contributed by atoms with Crippen molar-refractivity contribution in [1.29, 1.82) is 0 Å². The first-order valence-corrected chi connectivity index (χ1v) is 12.0. The van der Waals surface area contributed by atoms with E-state index in [9.17, 15) is 9.50 Å². The van der Waals surface area contributed by atoms with Crippen LogP contribution in [0.25, 0.3) is 0 Å². The number of halogens is 1. The molecule has 5 nitrogen and oxygen atoms in total. The molecular weight excluding hydrogens is 419 g/mol. The number of aryl methyl sites for hydroxylation is 2. The predicted molar refractivity (Wildman–Crippen MR) is 130 cm³/mol. The van der Waals surface area contributed by atoms with Crippen LogP contribution in [0.3, 0.4) is 0 Å². The van der Waals surface area contributed by atoms with Gasteiger partial charge in [-0.1, -0.05) is 17.7 Å². The fraction of sp³-hybridized carbons (Fsp3) is 0.556. The zero-order valence-electron chi connectivity index (χ0n) is 20.1. The largest absolute Gasteiger partial charge is 0.490 e. The minimum atomic E-state index is -0.681. The number of methoxy groups -OCH3 is 1. The van der Waals surface area contributed by atoms with E-state index in [0.29, 0.717) is 26.0 Å². The Hall–Kier alpha value is -2.15. The van der Waals surface area contributed by atoms with Gasteiger partial charge in [0.05, 0.1) is 5.60 Å². The van der Waals surface area contributed by atoms with Gasteiger partial charge in [0, 0.05) is 45.5 Å². The van der Waals surface area contributed by atoms with E-state index >= 15 is 0 Å². The third kappa shape index (κ3) is 5.86. The van der Waals surface area contributed by atoms with Gasteiger partial charge in [-0.2, -0.15) is 0 Å². The van der Waals surface area contributed by atoms with E-state index in [1.165, 1.54) is 17.7 Å². The lowest BCUT2D eigenvalue weighted by Gasteiger charge is -2.45. The van der Waals surface area contributed by atoms with Crippen molar-refractivity contribution in [2.24, 2.45) is 0 Å². The average Bonchev–Trinajstić information content (AvgIpc) is 2.81. The van der Waals surface area contributed by atoms with Crippen LogP contribution in [0.4, 0.5) is 10.1 Å². The van der Waals surface area contributed by atoms with Gasteiger partial charge in [-0.3, -0.25) is 0 Å². The number of aliphatic hydroxyl groups is 1. The Kier molecular flexibility index (Phi) is 7.27. The van der Waals surface area contributed by atoms with Crippen LogP contribution in [0.15, 0.2) is 42.5 Å². The van der Waals surface area contributed by atoms with Gasteiger partial charge < -0.3 is 24.4 Å². The van der Waals surface area contributed by atoms with Crippen LogP contribution in [-0.4, -0.2) is 67.6 Å². The second-order valence-corrected chi connectivity index (χ2v) is 9.91. The second-order valence-electron chi connectivity index (χ2n) is 9.91. The molecule has 2 aliphatic heterocycles. The van der Waals surface area contributed by atoms with Gasteiger partial charge in [-0.25, -0.2) is 4.39 Å². The van der Waals surface area contributed by atoms with Crippen molar-refractivity contribution in [3.63, 3.8) is 0 Å². The van der Waals surface area contributed by atoms with Gasteiger partial charge in [0.15, 0.2) is 0 Å². The fourth-order valence-electron chi connectivity index (χ4n) is 5.10. The van der Waals surface area contributed by atoms with Crippen LogP contribution in [-0.2, 0) is 4.74 Å². The molecule has 0 radical (unpaired) electrons. The molecule has 6 heteroatoms. The maximum Gasteiger partial charge on any atom is 0.123 e. The normalized spacial score (nSPS) is 20.6. The van der Waals surface area contributed by atoms with Crippen molar-refractivity contribution in [3.8, 4) is 5.75 Å². The van der Waals surface area contributed by atoms with E-state index in [1.54, 1.807) is 7.11 Å².